The van der Waals surface area contributed by atoms with Crippen LogP contribution in [0.5, 0.6) is 11.5 Å². The van der Waals surface area contributed by atoms with Crippen molar-refractivity contribution in [3.8, 4) is 67.9 Å². The fourth-order valence-corrected chi connectivity index (χ4v) is 5.86. The van der Waals surface area contributed by atoms with Crippen LogP contribution in [0.1, 0.15) is 45.1 Å². The minimum atomic E-state index is -0.204. The molecule has 1 atom stereocenters. The predicted octanol–water partition coefficient (Wildman–Crippen LogP) is 10.4. The van der Waals surface area contributed by atoms with E-state index in [2.05, 4.69) is 62.4 Å². The van der Waals surface area contributed by atoms with E-state index < -0.39 is 0 Å². The van der Waals surface area contributed by atoms with Crippen LogP contribution in [0.3, 0.4) is 0 Å². The number of phenolic OH excluding ortho intramolecular Hbond substituents is 2. The van der Waals surface area contributed by atoms with Gasteiger partial charge in [-0.15, -0.1) is 0 Å². The maximum Gasteiger partial charge on any atom is 0.168 e. The molecule has 0 saturated carbocycles. The SMILES string of the molecule is CCCCC(CC)Cc1ccc(-c2nc(-c3ccc(-c4ccccc4)cc3)nc(-c3ccc(-c4ccccc4)cc3)n2)c(O)c1O. The van der Waals surface area contributed by atoms with Gasteiger partial charge in [0.2, 0.25) is 0 Å². The van der Waals surface area contributed by atoms with E-state index in [0.717, 1.165) is 64.6 Å². The molecule has 46 heavy (non-hydrogen) atoms. The molecular formula is C41H39N3O2. The summed E-state index contributed by atoms with van der Waals surface area (Å²) in [4.78, 5) is 14.5. The van der Waals surface area contributed by atoms with Crippen molar-refractivity contribution >= 4 is 0 Å². The quantitative estimate of drug-likeness (QED) is 0.144. The van der Waals surface area contributed by atoms with Crippen molar-refractivity contribution < 1.29 is 10.2 Å². The molecule has 2 N–H and O–H groups in total. The lowest BCUT2D eigenvalue weighted by molar-refractivity contribution is 0.389. The third-order valence-corrected chi connectivity index (χ3v) is 8.66. The minimum Gasteiger partial charge on any atom is -0.504 e. The van der Waals surface area contributed by atoms with E-state index in [1.54, 1.807) is 0 Å². The average molecular weight is 606 g/mol. The van der Waals surface area contributed by atoms with Crippen LogP contribution in [0.4, 0.5) is 0 Å². The lowest BCUT2D eigenvalue weighted by atomic mass is 9.91. The number of aromatic hydroxyl groups is 2. The summed E-state index contributed by atoms with van der Waals surface area (Å²) in [6, 6.07) is 40.4. The highest BCUT2D eigenvalue weighted by molar-refractivity contribution is 5.75. The van der Waals surface area contributed by atoms with Gasteiger partial charge in [-0.25, -0.2) is 15.0 Å². The Hall–Kier alpha value is -5.29. The molecule has 1 unspecified atom stereocenters. The number of rotatable bonds is 11. The van der Waals surface area contributed by atoms with E-state index in [1.165, 1.54) is 0 Å². The van der Waals surface area contributed by atoms with Gasteiger partial charge in [0, 0.05) is 11.1 Å². The maximum absolute atomic E-state index is 11.3. The largest absolute Gasteiger partial charge is 0.504 e. The van der Waals surface area contributed by atoms with Gasteiger partial charge < -0.3 is 10.2 Å². The van der Waals surface area contributed by atoms with Crippen LogP contribution < -0.4 is 0 Å². The Labute approximate surface area is 271 Å². The second-order valence-corrected chi connectivity index (χ2v) is 11.8. The van der Waals surface area contributed by atoms with Crippen LogP contribution >= 0.6 is 0 Å². The number of benzene rings is 5. The third-order valence-electron chi connectivity index (χ3n) is 8.66. The van der Waals surface area contributed by atoms with Gasteiger partial charge in [-0.2, -0.15) is 0 Å². The number of hydrogen-bond donors (Lipinski definition) is 2. The number of nitrogens with zero attached hydrogens (tertiary/aromatic N) is 3. The number of phenols is 2. The first kappa shape index (κ1) is 30.7. The Morgan fingerprint density at radius 2 is 0.957 bits per heavy atom. The van der Waals surface area contributed by atoms with E-state index in [-0.39, 0.29) is 11.5 Å². The van der Waals surface area contributed by atoms with E-state index in [4.69, 9.17) is 15.0 Å². The monoisotopic (exact) mass is 605 g/mol. The van der Waals surface area contributed by atoms with Crippen LogP contribution in [0, 0.1) is 5.92 Å². The summed E-state index contributed by atoms with van der Waals surface area (Å²) in [5.74, 6) is 1.42. The highest BCUT2D eigenvalue weighted by Gasteiger charge is 2.20. The molecular weight excluding hydrogens is 566 g/mol. The standard InChI is InChI=1S/C41H39N3O2/c1-3-5-12-28(4-2)27-35-25-26-36(38(46)37(35)45)41-43-39(33-21-17-31(18-22-33)29-13-8-6-9-14-29)42-40(44-41)34-23-19-32(20-24-34)30-15-10-7-11-16-30/h6-11,13-26,28,45-46H,3-5,12,27H2,1-2H3. The molecule has 0 aliphatic rings. The molecule has 0 bridgehead atoms. The summed E-state index contributed by atoms with van der Waals surface area (Å²) in [7, 11) is 0. The van der Waals surface area contributed by atoms with Crippen LogP contribution in [0.2, 0.25) is 0 Å². The van der Waals surface area contributed by atoms with Crippen molar-refractivity contribution in [2.24, 2.45) is 5.92 Å². The zero-order chi connectivity index (χ0) is 31.9. The molecule has 5 heteroatoms. The third kappa shape index (κ3) is 6.84. The Balaban J connectivity index is 1.40. The summed E-state index contributed by atoms with van der Waals surface area (Å²) in [6.45, 7) is 4.37. The molecule has 5 nitrogen and oxygen atoms in total. The second-order valence-electron chi connectivity index (χ2n) is 11.8. The smallest absolute Gasteiger partial charge is 0.168 e. The van der Waals surface area contributed by atoms with Gasteiger partial charge in [-0.3, -0.25) is 0 Å². The van der Waals surface area contributed by atoms with E-state index in [0.29, 0.717) is 35.4 Å². The molecule has 0 aliphatic heterocycles. The highest BCUT2D eigenvalue weighted by atomic mass is 16.3. The van der Waals surface area contributed by atoms with Crippen molar-refractivity contribution in [2.75, 3.05) is 0 Å². The summed E-state index contributed by atoms with van der Waals surface area (Å²) in [6.07, 6.45) is 5.13. The number of aromatic nitrogens is 3. The van der Waals surface area contributed by atoms with Gasteiger partial charge in [0.1, 0.15) is 0 Å². The summed E-state index contributed by atoms with van der Waals surface area (Å²) < 4.78 is 0. The van der Waals surface area contributed by atoms with Gasteiger partial charge in [-0.05, 0) is 46.2 Å². The van der Waals surface area contributed by atoms with Crippen molar-refractivity contribution in [1.82, 2.24) is 15.0 Å². The van der Waals surface area contributed by atoms with Gasteiger partial charge in [-0.1, -0.05) is 155 Å². The summed E-state index contributed by atoms with van der Waals surface area (Å²) in [5.41, 5.74) is 7.21. The fraction of sp³-hybridized carbons (Fsp3) is 0.195. The number of hydrogen-bond acceptors (Lipinski definition) is 5. The minimum absolute atomic E-state index is 0.101. The molecule has 0 amide bonds. The summed E-state index contributed by atoms with van der Waals surface area (Å²) in [5, 5.41) is 22.4. The first-order valence-corrected chi connectivity index (χ1v) is 16.2. The molecule has 0 saturated heterocycles. The molecule has 0 fully saturated rings. The highest BCUT2D eigenvalue weighted by Crippen LogP contribution is 2.40. The van der Waals surface area contributed by atoms with E-state index in [9.17, 15) is 10.2 Å². The molecule has 5 aromatic carbocycles. The lowest BCUT2D eigenvalue weighted by Crippen LogP contribution is -2.04. The normalized spacial score (nSPS) is 11.8. The van der Waals surface area contributed by atoms with Gasteiger partial charge >= 0.3 is 0 Å². The zero-order valence-corrected chi connectivity index (χ0v) is 26.4. The van der Waals surface area contributed by atoms with Crippen molar-refractivity contribution in [2.45, 2.75) is 46.0 Å². The Bertz CT molecular complexity index is 1790. The Kier molecular flexibility index (Phi) is 9.49. The lowest BCUT2D eigenvalue weighted by Gasteiger charge is -2.17. The van der Waals surface area contributed by atoms with Crippen LogP contribution in [-0.2, 0) is 6.42 Å². The molecule has 0 spiro atoms. The van der Waals surface area contributed by atoms with Gasteiger partial charge in [0.25, 0.3) is 0 Å². The maximum atomic E-state index is 11.3. The zero-order valence-electron chi connectivity index (χ0n) is 26.4. The second kappa shape index (κ2) is 14.2. The average Bonchev–Trinajstić information content (AvgIpc) is 3.12. The van der Waals surface area contributed by atoms with Crippen molar-refractivity contribution in [3.05, 3.63) is 127 Å². The first-order chi connectivity index (χ1) is 22.5. The van der Waals surface area contributed by atoms with E-state index >= 15 is 0 Å². The molecule has 0 aliphatic carbocycles. The molecule has 1 aromatic heterocycles. The van der Waals surface area contributed by atoms with Crippen molar-refractivity contribution in [3.63, 3.8) is 0 Å². The van der Waals surface area contributed by atoms with Crippen LogP contribution in [-0.4, -0.2) is 25.2 Å². The summed E-state index contributed by atoms with van der Waals surface area (Å²) >= 11 is 0. The molecule has 230 valence electrons. The Morgan fingerprint density at radius 3 is 1.43 bits per heavy atom. The topological polar surface area (TPSA) is 79.1 Å². The number of unbranched alkanes of at least 4 members (excludes halogenated alkanes) is 1. The van der Waals surface area contributed by atoms with Crippen molar-refractivity contribution in [1.29, 1.82) is 0 Å². The fourth-order valence-electron chi connectivity index (χ4n) is 5.86. The van der Waals surface area contributed by atoms with Crippen LogP contribution in [0.15, 0.2) is 121 Å². The molecule has 6 aromatic rings. The van der Waals surface area contributed by atoms with Crippen LogP contribution in [0.25, 0.3) is 56.4 Å². The Morgan fingerprint density at radius 1 is 0.500 bits per heavy atom. The molecule has 6 rings (SSSR count). The predicted molar refractivity (Wildman–Crippen MR) is 187 cm³/mol. The molecule has 1 heterocycles. The van der Waals surface area contributed by atoms with Gasteiger partial charge in [0.05, 0.1) is 5.56 Å². The van der Waals surface area contributed by atoms with E-state index in [1.807, 2.05) is 72.8 Å². The van der Waals surface area contributed by atoms with Gasteiger partial charge in [0.15, 0.2) is 29.0 Å². The molecule has 0 radical (unpaired) electrons. The first-order valence-electron chi connectivity index (χ1n) is 16.2.